The maximum absolute atomic E-state index is 13.4. The molecule has 0 spiro atoms. The minimum absolute atomic E-state index is 0.295. The summed E-state index contributed by atoms with van der Waals surface area (Å²) in [6, 6.07) is 12.5. The highest BCUT2D eigenvalue weighted by atomic mass is 19.1. The lowest BCUT2D eigenvalue weighted by molar-refractivity contribution is -0.385. The number of nitrogens with one attached hydrogen (secondary N) is 1. The van der Waals surface area contributed by atoms with Crippen LogP contribution >= 0.6 is 0 Å². The second kappa shape index (κ2) is 5.16. The van der Waals surface area contributed by atoms with Gasteiger partial charge in [0.25, 0.3) is 5.69 Å². The zero-order valence-corrected chi connectivity index (χ0v) is 10.8. The summed E-state index contributed by atoms with van der Waals surface area (Å²) in [5, 5.41) is 14.6. The lowest BCUT2D eigenvalue weighted by Crippen LogP contribution is -1.95. The van der Waals surface area contributed by atoms with Gasteiger partial charge in [0.2, 0.25) is 0 Å². The van der Waals surface area contributed by atoms with Crippen LogP contribution in [0, 0.1) is 15.9 Å². The number of nitro benzene ring substituents is 1. The smallest absolute Gasteiger partial charge is 0.274 e. The average molecular weight is 283 g/mol. The molecule has 0 aliphatic heterocycles. The minimum atomic E-state index is -0.662. The summed E-state index contributed by atoms with van der Waals surface area (Å²) >= 11 is 0. The Balaban J connectivity index is 2.05. The van der Waals surface area contributed by atoms with E-state index in [1.807, 2.05) is 18.2 Å². The monoisotopic (exact) mass is 283 g/mol. The summed E-state index contributed by atoms with van der Waals surface area (Å²) in [5.41, 5.74) is 1.52. The van der Waals surface area contributed by atoms with Gasteiger partial charge in [-0.15, -0.1) is 0 Å². The number of nitro groups is 1. The molecule has 0 amide bonds. The van der Waals surface area contributed by atoms with Crippen LogP contribution in [0.2, 0.25) is 0 Å². The van der Waals surface area contributed by atoms with Crippen LogP contribution in [-0.4, -0.2) is 9.91 Å². The number of aromatic nitrogens is 1. The summed E-state index contributed by atoms with van der Waals surface area (Å²) in [7, 11) is 0. The molecule has 0 aliphatic rings. The van der Waals surface area contributed by atoms with E-state index in [1.54, 1.807) is 18.3 Å². The summed E-state index contributed by atoms with van der Waals surface area (Å²) in [5.74, 6) is -0.662. The van der Waals surface area contributed by atoms with Crippen LogP contribution in [0.5, 0.6) is 0 Å². The Bertz CT molecular complexity index is 831. The van der Waals surface area contributed by atoms with Crippen LogP contribution in [0.4, 0.5) is 21.5 Å². The van der Waals surface area contributed by atoms with E-state index >= 15 is 0 Å². The van der Waals surface area contributed by atoms with Crippen molar-refractivity contribution in [1.82, 2.24) is 4.98 Å². The molecule has 0 radical (unpaired) electrons. The van der Waals surface area contributed by atoms with Gasteiger partial charge in [-0.2, -0.15) is 0 Å². The third kappa shape index (κ3) is 2.64. The number of anilines is 2. The number of hydrogen-bond acceptors (Lipinski definition) is 4. The molecular formula is C15H10FN3O2. The predicted molar refractivity (Wildman–Crippen MR) is 78.1 cm³/mol. The molecule has 0 aliphatic carbocycles. The minimum Gasteiger partial charge on any atom is -0.355 e. The van der Waals surface area contributed by atoms with Gasteiger partial charge in [-0.25, -0.2) is 4.39 Å². The second-order valence-electron chi connectivity index (χ2n) is 4.46. The Hall–Kier alpha value is -3.02. The first-order chi connectivity index (χ1) is 10.1. The molecule has 3 rings (SSSR count). The molecular weight excluding hydrogens is 273 g/mol. The van der Waals surface area contributed by atoms with Gasteiger partial charge < -0.3 is 5.32 Å². The van der Waals surface area contributed by atoms with E-state index in [4.69, 9.17) is 0 Å². The Morgan fingerprint density at radius 2 is 2.00 bits per heavy atom. The number of rotatable bonds is 3. The highest BCUT2D eigenvalue weighted by Gasteiger charge is 2.10. The SMILES string of the molecule is O=[N+]([O-])c1cc(F)cc(Nc2cccc3ncccc23)c1. The largest absolute Gasteiger partial charge is 0.355 e. The lowest BCUT2D eigenvalue weighted by atomic mass is 10.1. The standard InChI is InChI=1S/C15H10FN3O2/c16-10-7-11(9-12(8-10)19(20)21)18-15-5-1-4-14-13(15)3-2-6-17-14/h1-9,18H. The van der Waals surface area contributed by atoms with Crippen molar-refractivity contribution < 1.29 is 9.31 Å². The maximum Gasteiger partial charge on any atom is 0.274 e. The first-order valence-electron chi connectivity index (χ1n) is 6.19. The number of benzene rings is 2. The maximum atomic E-state index is 13.4. The van der Waals surface area contributed by atoms with Crippen molar-refractivity contribution in [2.45, 2.75) is 0 Å². The molecule has 21 heavy (non-hydrogen) atoms. The molecule has 0 fully saturated rings. The predicted octanol–water partition coefficient (Wildman–Crippen LogP) is 4.03. The van der Waals surface area contributed by atoms with E-state index in [9.17, 15) is 14.5 Å². The van der Waals surface area contributed by atoms with Crippen LogP contribution in [0.15, 0.2) is 54.7 Å². The lowest BCUT2D eigenvalue weighted by Gasteiger charge is -2.09. The van der Waals surface area contributed by atoms with Gasteiger partial charge in [0.15, 0.2) is 0 Å². The molecule has 5 nitrogen and oxygen atoms in total. The van der Waals surface area contributed by atoms with Crippen molar-refractivity contribution in [2.75, 3.05) is 5.32 Å². The van der Waals surface area contributed by atoms with Gasteiger partial charge in [-0.05, 0) is 30.3 Å². The first kappa shape index (κ1) is 13.0. The number of non-ortho nitro benzene ring substituents is 1. The molecule has 0 saturated carbocycles. The highest BCUT2D eigenvalue weighted by molar-refractivity contribution is 5.93. The summed E-state index contributed by atoms with van der Waals surface area (Å²) in [4.78, 5) is 14.4. The molecule has 3 aromatic rings. The van der Waals surface area contributed by atoms with Crippen molar-refractivity contribution in [2.24, 2.45) is 0 Å². The van der Waals surface area contributed by atoms with E-state index in [1.165, 1.54) is 12.1 Å². The summed E-state index contributed by atoms with van der Waals surface area (Å²) in [6.07, 6.45) is 1.68. The van der Waals surface area contributed by atoms with Crippen LogP contribution in [0.25, 0.3) is 10.9 Å². The van der Waals surface area contributed by atoms with Gasteiger partial charge >= 0.3 is 0 Å². The van der Waals surface area contributed by atoms with Crippen LogP contribution in [-0.2, 0) is 0 Å². The Morgan fingerprint density at radius 1 is 1.14 bits per heavy atom. The number of hydrogen-bond donors (Lipinski definition) is 1. The number of pyridine rings is 1. The fourth-order valence-corrected chi connectivity index (χ4v) is 2.12. The number of halogens is 1. The molecule has 0 atom stereocenters. The molecule has 0 unspecified atom stereocenters. The molecule has 0 saturated heterocycles. The van der Waals surface area contributed by atoms with E-state index < -0.39 is 10.7 Å². The van der Waals surface area contributed by atoms with Gasteiger partial charge in [0, 0.05) is 29.0 Å². The van der Waals surface area contributed by atoms with Crippen molar-refractivity contribution in [3.05, 3.63) is 70.7 Å². The molecule has 0 bridgehead atoms. The third-order valence-electron chi connectivity index (χ3n) is 3.02. The van der Waals surface area contributed by atoms with Crippen LogP contribution in [0.1, 0.15) is 0 Å². The van der Waals surface area contributed by atoms with E-state index in [0.717, 1.165) is 17.0 Å². The van der Waals surface area contributed by atoms with Crippen LogP contribution < -0.4 is 5.32 Å². The summed E-state index contributed by atoms with van der Waals surface area (Å²) < 4.78 is 13.4. The highest BCUT2D eigenvalue weighted by Crippen LogP contribution is 2.27. The molecule has 1 heterocycles. The quantitative estimate of drug-likeness (QED) is 0.582. The number of nitrogens with zero attached hydrogens (tertiary/aromatic N) is 2. The Kier molecular flexibility index (Phi) is 3.19. The fourth-order valence-electron chi connectivity index (χ4n) is 2.12. The van der Waals surface area contributed by atoms with Crippen molar-refractivity contribution in [1.29, 1.82) is 0 Å². The van der Waals surface area contributed by atoms with Gasteiger partial charge in [-0.1, -0.05) is 6.07 Å². The average Bonchev–Trinajstić information content (AvgIpc) is 2.47. The Labute approximate surface area is 119 Å². The third-order valence-corrected chi connectivity index (χ3v) is 3.02. The molecule has 1 aromatic heterocycles. The fraction of sp³-hybridized carbons (Fsp3) is 0. The Morgan fingerprint density at radius 3 is 2.81 bits per heavy atom. The second-order valence-corrected chi connectivity index (χ2v) is 4.46. The topological polar surface area (TPSA) is 68.1 Å². The van der Waals surface area contributed by atoms with Gasteiger partial charge in [0.05, 0.1) is 16.5 Å². The van der Waals surface area contributed by atoms with Crippen molar-refractivity contribution >= 4 is 28.0 Å². The van der Waals surface area contributed by atoms with Gasteiger partial charge in [-0.3, -0.25) is 15.1 Å². The van der Waals surface area contributed by atoms with E-state index in [2.05, 4.69) is 10.3 Å². The van der Waals surface area contributed by atoms with Crippen molar-refractivity contribution in [3.8, 4) is 0 Å². The van der Waals surface area contributed by atoms with Gasteiger partial charge in [0.1, 0.15) is 5.82 Å². The zero-order valence-electron chi connectivity index (χ0n) is 10.8. The van der Waals surface area contributed by atoms with Crippen molar-refractivity contribution in [3.63, 3.8) is 0 Å². The van der Waals surface area contributed by atoms with E-state index in [0.29, 0.717) is 11.4 Å². The van der Waals surface area contributed by atoms with E-state index in [-0.39, 0.29) is 5.69 Å². The molecule has 6 heteroatoms. The molecule has 1 N–H and O–H groups in total. The normalized spacial score (nSPS) is 10.5. The van der Waals surface area contributed by atoms with Crippen LogP contribution in [0.3, 0.4) is 0 Å². The summed E-state index contributed by atoms with van der Waals surface area (Å²) in [6.45, 7) is 0. The zero-order chi connectivity index (χ0) is 14.8. The molecule has 104 valence electrons. The molecule has 2 aromatic carbocycles. The number of fused-ring (bicyclic) bond motifs is 1. The first-order valence-corrected chi connectivity index (χ1v) is 6.19.